The van der Waals surface area contributed by atoms with Crippen molar-refractivity contribution in [3.05, 3.63) is 89.9 Å². The lowest BCUT2D eigenvalue weighted by Gasteiger charge is -2.05. The molecular formula is C23H15F3N4O. The summed E-state index contributed by atoms with van der Waals surface area (Å²) in [5.74, 6) is -0.0342. The van der Waals surface area contributed by atoms with Crippen LogP contribution in [0.15, 0.2) is 71.5 Å². The van der Waals surface area contributed by atoms with Gasteiger partial charge in [-0.25, -0.2) is 23.1 Å². The van der Waals surface area contributed by atoms with Gasteiger partial charge in [-0.05, 0) is 42.0 Å². The Hall–Kier alpha value is -3.94. The lowest BCUT2D eigenvalue weighted by atomic mass is 10.1. The molecule has 0 atom stereocenters. The minimum absolute atomic E-state index is 0.210. The third-order valence-corrected chi connectivity index (χ3v) is 4.93. The maximum atomic E-state index is 14.0. The van der Waals surface area contributed by atoms with Crippen LogP contribution in [0.4, 0.5) is 13.2 Å². The van der Waals surface area contributed by atoms with E-state index in [1.54, 1.807) is 42.7 Å². The summed E-state index contributed by atoms with van der Waals surface area (Å²) in [6.45, 7) is -0.461. The molecule has 5 nitrogen and oxygen atoms in total. The molecule has 3 heterocycles. The molecule has 1 aromatic heterocycles. The van der Waals surface area contributed by atoms with Crippen molar-refractivity contribution in [2.24, 2.45) is 0 Å². The van der Waals surface area contributed by atoms with Gasteiger partial charge in [0.25, 0.3) is 0 Å². The smallest absolute Gasteiger partial charge is 0.163 e. The number of rotatable bonds is 5. The number of fused-ring (bicyclic) bond motifs is 1. The molecule has 0 radical (unpaired) electrons. The second-order valence-electron chi connectivity index (χ2n) is 7.03. The van der Waals surface area contributed by atoms with Crippen LogP contribution in [0.25, 0.3) is 34.0 Å². The van der Waals surface area contributed by atoms with Crippen LogP contribution >= 0.6 is 0 Å². The minimum Gasteiger partial charge on any atom is -0.359 e. The number of aromatic nitrogens is 4. The number of nitrogens with zero attached hydrogens (tertiary/aromatic N) is 4. The summed E-state index contributed by atoms with van der Waals surface area (Å²) in [4.78, 5) is 8.83. The Morgan fingerprint density at radius 2 is 1.71 bits per heavy atom. The van der Waals surface area contributed by atoms with E-state index in [1.807, 2.05) is 4.57 Å². The molecule has 3 aromatic rings. The van der Waals surface area contributed by atoms with Gasteiger partial charge in [0.1, 0.15) is 29.7 Å². The fourth-order valence-electron chi connectivity index (χ4n) is 3.43. The maximum Gasteiger partial charge on any atom is 0.163 e. The van der Waals surface area contributed by atoms with Crippen LogP contribution in [0.1, 0.15) is 11.3 Å². The van der Waals surface area contributed by atoms with Crippen molar-refractivity contribution in [1.29, 1.82) is 0 Å². The first-order chi connectivity index (χ1) is 15.1. The lowest BCUT2D eigenvalue weighted by Crippen LogP contribution is -1.99. The molecule has 0 aliphatic carbocycles. The molecule has 2 aromatic carbocycles. The van der Waals surface area contributed by atoms with E-state index >= 15 is 0 Å². The number of hydrogen-bond acceptors (Lipinski definition) is 4. The van der Waals surface area contributed by atoms with Crippen molar-refractivity contribution in [1.82, 2.24) is 19.7 Å². The predicted molar refractivity (Wildman–Crippen MR) is 108 cm³/mol. The number of hydrogen-bond donors (Lipinski definition) is 0. The molecule has 0 amide bonds. The summed E-state index contributed by atoms with van der Waals surface area (Å²) in [5.41, 5.74) is 2.72. The summed E-state index contributed by atoms with van der Waals surface area (Å²) in [7, 11) is 0. The molecule has 0 fully saturated rings. The van der Waals surface area contributed by atoms with Crippen LogP contribution in [0, 0.1) is 11.6 Å². The van der Waals surface area contributed by atoms with E-state index in [-0.39, 0.29) is 11.4 Å². The number of alkyl halides is 1. The summed E-state index contributed by atoms with van der Waals surface area (Å²) in [6, 6.07) is 13.7. The third kappa shape index (κ3) is 3.68. The van der Waals surface area contributed by atoms with Gasteiger partial charge >= 0.3 is 0 Å². The quantitative estimate of drug-likeness (QED) is 0.377. The average molecular weight is 420 g/mol. The average Bonchev–Trinajstić information content (AvgIpc) is 3.40. The van der Waals surface area contributed by atoms with Crippen LogP contribution in [0.2, 0.25) is 0 Å². The highest BCUT2D eigenvalue weighted by Crippen LogP contribution is 2.28. The maximum absolute atomic E-state index is 14.0. The molecular weight excluding hydrogens is 405 g/mol. The summed E-state index contributed by atoms with van der Waals surface area (Å²) >= 11 is 0. The number of imidazole rings is 1. The first kappa shape index (κ1) is 19.0. The van der Waals surface area contributed by atoms with Crippen molar-refractivity contribution in [2.75, 3.05) is 0 Å². The van der Waals surface area contributed by atoms with Gasteiger partial charge in [0.05, 0.1) is 17.8 Å². The standard InChI is InChI=1S/C23H15F3N4O/c24-11-14-9-15(25)5-6-17(14)21-10-16(31-29-21)12-30-8-7-20-22(13-30)28-23(27-20)18-3-1-2-4-19(18)26/h1-10,13H,11-12H2. The van der Waals surface area contributed by atoms with Crippen LogP contribution < -0.4 is 0 Å². The Morgan fingerprint density at radius 3 is 2.55 bits per heavy atom. The van der Waals surface area contributed by atoms with Gasteiger partial charge < -0.3 is 9.09 Å². The number of halogens is 3. The number of benzene rings is 2. The largest absolute Gasteiger partial charge is 0.359 e. The Bertz CT molecular complexity index is 1340. The molecule has 2 aliphatic heterocycles. The molecule has 0 unspecified atom stereocenters. The van der Waals surface area contributed by atoms with Gasteiger partial charge in [-0.3, -0.25) is 0 Å². The molecule has 154 valence electrons. The predicted octanol–water partition coefficient (Wildman–Crippen LogP) is 5.50. The zero-order chi connectivity index (χ0) is 21.4. The summed E-state index contributed by atoms with van der Waals surface area (Å²) < 4.78 is 47.8. The molecule has 0 spiro atoms. The molecule has 0 saturated carbocycles. The molecule has 0 saturated heterocycles. The van der Waals surface area contributed by atoms with E-state index in [4.69, 9.17) is 4.52 Å². The van der Waals surface area contributed by atoms with E-state index in [2.05, 4.69) is 15.1 Å². The Morgan fingerprint density at radius 1 is 0.871 bits per heavy atom. The fraction of sp³-hybridized carbons (Fsp3) is 0.0870. The summed E-state index contributed by atoms with van der Waals surface area (Å²) in [6.07, 6.45) is 3.58. The Balaban J connectivity index is 1.42. The van der Waals surface area contributed by atoms with Gasteiger partial charge in [0.15, 0.2) is 11.6 Å². The lowest BCUT2D eigenvalue weighted by molar-refractivity contribution is 0.378. The second kappa shape index (κ2) is 7.71. The first-order valence-corrected chi connectivity index (χ1v) is 9.49. The fourth-order valence-corrected chi connectivity index (χ4v) is 3.43. The molecule has 31 heavy (non-hydrogen) atoms. The minimum atomic E-state index is -0.805. The third-order valence-electron chi connectivity index (χ3n) is 4.93. The zero-order valence-electron chi connectivity index (χ0n) is 16.1. The van der Waals surface area contributed by atoms with Crippen LogP contribution in [-0.2, 0) is 13.2 Å². The molecule has 2 aliphatic rings. The Kier molecular flexibility index (Phi) is 4.74. The van der Waals surface area contributed by atoms with Crippen LogP contribution in [0.5, 0.6) is 0 Å². The highest BCUT2D eigenvalue weighted by atomic mass is 19.1. The second-order valence-corrected chi connectivity index (χ2v) is 7.03. The SMILES string of the molecule is FCc1cc(F)ccc1-c1cc(Cn2ccc3nc(-c4ccccc4F)nc-3c2)on1. The van der Waals surface area contributed by atoms with Crippen molar-refractivity contribution in [2.45, 2.75) is 13.2 Å². The van der Waals surface area contributed by atoms with Gasteiger partial charge in [-0.15, -0.1) is 0 Å². The molecule has 0 bridgehead atoms. The van der Waals surface area contributed by atoms with Crippen molar-refractivity contribution < 1.29 is 17.7 Å². The zero-order valence-corrected chi connectivity index (χ0v) is 16.1. The highest BCUT2D eigenvalue weighted by molar-refractivity contribution is 5.66. The molecule has 8 heteroatoms. The van der Waals surface area contributed by atoms with Crippen LogP contribution in [0.3, 0.4) is 0 Å². The Labute approximate surface area is 175 Å². The van der Waals surface area contributed by atoms with E-state index in [9.17, 15) is 13.2 Å². The van der Waals surface area contributed by atoms with Crippen LogP contribution in [-0.4, -0.2) is 19.7 Å². The monoisotopic (exact) mass is 420 g/mol. The van der Waals surface area contributed by atoms with E-state index in [0.717, 1.165) is 6.07 Å². The highest BCUT2D eigenvalue weighted by Gasteiger charge is 2.16. The van der Waals surface area contributed by atoms with Gasteiger partial charge in [0.2, 0.25) is 0 Å². The van der Waals surface area contributed by atoms with Crippen molar-refractivity contribution in [3.8, 4) is 34.0 Å². The van der Waals surface area contributed by atoms with Gasteiger partial charge in [0, 0.05) is 24.0 Å². The van der Waals surface area contributed by atoms with Gasteiger partial charge in [-0.1, -0.05) is 17.3 Å². The van der Waals surface area contributed by atoms with Crippen molar-refractivity contribution >= 4 is 0 Å². The summed E-state index contributed by atoms with van der Waals surface area (Å²) in [5, 5.41) is 3.99. The van der Waals surface area contributed by atoms with E-state index in [0.29, 0.717) is 46.3 Å². The van der Waals surface area contributed by atoms with Crippen molar-refractivity contribution in [3.63, 3.8) is 0 Å². The normalized spacial score (nSPS) is 11.3. The molecule has 5 rings (SSSR count). The van der Waals surface area contributed by atoms with E-state index in [1.165, 1.54) is 18.2 Å². The van der Waals surface area contributed by atoms with Gasteiger partial charge in [-0.2, -0.15) is 0 Å². The molecule has 0 N–H and O–H groups in total. The topological polar surface area (TPSA) is 56.7 Å². The first-order valence-electron chi connectivity index (χ1n) is 9.49. The van der Waals surface area contributed by atoms with E-state index < -0.39 is 12.5 Å². The number of pyridine rings is 1.